The summed E-state index contributed by atoms with van der Waals surface area (Å²) < 4.78 is 5.28. The highest BCUT2D eigenvalue weighted by Crippen LogP contribution is 2.40. The summed E-state index contributed by atoms with van der Waals surface area (Å²) in [5.41, 5.74) is 12.6. The molecule has 0 aliphatic carbocycles. The van der Waals surface area contributed by atoms with E-state index in [1.807, 2.05) is 0 Å². The van der Waals surface area contributed by atoms with Crippen LogP contribution in [0.25, 0.3) is 21.7 Å². The van der Waals surface area contributed by atoms with Crippen LogP contribution >= 0.6 is 11.3 Å². The Hall–Kier alpha value is -2.07. The highest BCUT2D eigenvalue weighted by atomic mass is 32.1. The molecule has 2 N–H and O–H groups in total. The Balaban J connectivity index is 2.19. The second kappa shape index (κ2) is 5.37. The van der Waals surface area contributed by atoms with Crippen LogP contribution in [-0.4, -0.2) is 5.16 Å². The Morgan fingerprint density at radius 3 is 2.71 bits per heavy atom. The first-order valence-electron chi connectivity index (χ1n) is 7.01. The Morgan fingerprint density at radius 1 is 1.19 bits per heavy atom. The molecule has 0 amide bonds. The van der Waals surface area contributed by atoms with Gasteiger partial charge in [-0.05, 0) is 54.0 Å². The van der Waals surface area contributed by atoms with Gasteiger partial charge in [0.1, 0.15) is 5.69 Å². The molecule has 0 saturated carbocycles. The Kier molecular flexibility index (Phi) is 3.55. The zero-order valence-electron chi connectivity index (χ0n) is 12.4. The van der Waals surface area contributed by atoms with Crippen molar-refractivity contribution >= 4 is 17.2 Å². The van der Waals surface area contributed by atoms with Crippen LogP contribution in [-0.2, 0) is 6.42 Å². The van der Waals surface area contributed by atoms with E-state index in [4.69, 9.17) is 10.3 Å². The van der Waals surface area contributed by atoms with Crippen molar-refractivity contribution < 1.29 is 4.52 Å². The molecule has 2 aromatic heterocycles. The summed E-state index contributed by atoms with van der Waals surface area (Å²) in [5, 5.41) is 6.29. The van der Waals surface area contributed by atoms with E-state index >= 15 is 0 Å². The van der Waals surface area contributed by atoms with E-state index in [2.05, 4.69) is 55.6 Å². The topological polar surface area (TPSA) is 52.0 Å². The quantitative estimate of drug-likeness (QED) is 0.753. The summed E-state index contributed by atoms with van der Waals surface area (Å²) in [4.78, 5) is 1.14. The fourth-order valence-electron chi connectivity index (χ4n) is 2.46. The number of thiophene rings is 1. The number of aromatic nitrogens is 1. The van der Waals surface area contributed by atoms with Crippen molar-refractivity contribution in [1.82, 2.24) is 5.16 Å². The van der Waals surface area contributed by atoms with E-state index in [1.165, 1.54) is 16.7 Å². The third-order valence-electron chi connectivity index (χ3n) is 3.86. The van der Waals surface area contributed by atoms with Crippen LogP contribution in [0, 0.1) is 13.8 Å². The molecule has 3 nitrogen and oxygen atoms in total. The first-order valence-corrected chi connectivity index (χ1v) is 7.89. The number of anilines is 1. The van der Waals surface area contributed by atoms with E-state index in [0.29, 0.717) is 5.88 Å². The van der Waals surface area contributed by atoms with Crippen molar-refractivity contribution in [3.8, 4) is 21.7 Å². The first kappa shape index (κ1) is 13.9. The average molecular weight is 298 g/mol. The molecule has 0 unspecified atom stereocenters. The third kappa shape index (κ3) is 2.36. The van der Waals surface area contributed by atoms with Gasteiger partial charge in [0, 0.05) is 0 Å². The number of nitrogens with zero attached hydrogens (tertiary/aromatic N) is 1. The molecule has 108 valence electrons. The smallest absolute Gasteiger partial charge is 0.230 e. The number of aryl methyl sites for hydroxylation is 3. The summed E-state index contributed by atoms with van der Waals surface area (Å²) in [6, 6.07) is 8.46. The van der Waals surface area contributed by atoms with Crippen molar-refractivity contribution in [2.75, 3.05) is 5.73 Å². The predicted molar refractivity (Wildman–Crippen MR) is 88.5 cm³/mol. The summed E-state index contributed by atoms with van der Waals surface area (Å²) in [5.74, 6) is 0.378. The van der Waals surface area contributed by atoms with Gasteiger partial charge in [0.05, 0.1) is 10.4 Å². The number of hydrogen-bond acceptors (Lipinski definition) is 4. The molecular weight excluding hydrogens is 280 g/mol. The van der Waals surface area contributed by atoms with Gasteiger partial charge < -0.3 is 10.3 Å². The molecule has 0 atom stereocenters. The van der Waals surface area contributed by atoms with Gasteiger partial charge in [-0.3, -0.25) is 0 Å². The molecule has 3 rings (SSSR count). The van der Waals surface area contributed by atoms with E-state index in [-0.39, 0.29) is 0 Å². The largest absolute Gasteiger partial charge is 0.367 e. The molecule has 0 bridgehead atoms. The molecule has 2 heterocycles. The first-order chi connectivity index (χ1) is 10.1. The maximum Gasteiger partial charge on any atom is 0.230 e. The molecule has 1 aromatic carbocycles. The van der Waals surface area contributed by atoms with Crippen LogP contribution in [0.1, 0.15) is 23.6 Å². The van der Waals surface area contributed by atoms with Gasteiger partial charge in [0.15, 0.2) is 0 Å². The standard InChI is InChI=1S/C17H18N2OS/c1-4-12-7-8-21-16(12)15-14(17(18)20-19-15)13-6-5-10(2)11(3)9-13/h5-9H,4,18H2,1-3H3. The third-order valence-corrected chi connectivity index (χ3v) is 4.82. The van der Waals surface area contributed by atoms with E-state index in [9.17, 15) is 0 Å². The van der Waals surface area contributed by atoms with Gasteiger partial charge in [-0.2, -0.15) is 0 Å². The fourth-order valence-corrected chi connectivity index (χ4v) is 3.44. The second-order valence-electron chi connectivity index (χ2n) is 5.20. The average Bonchev–Trinajstić information content (AvgIpc) is 3.07. The Labute approximate surface area is 128 Å². The lowest BCUT2D eigenvalue weighted by atomic mass is 9.99. The minimum atomic E-state index is 0.378. The van der Waals surface area contributed by atoms with Crippen LogP contribution in [0.5, 0.6) is 0 Å². The lowest BCUT2D eigenvalue weighted by Crippen LogP contribution is -1.90. The number of nitrogens with two attached hydrogens (primary N) is 1. The number of nitrogen functional groups attached to an aromatic ring is 1. The maximum atomic E-state index is 6.03. The lowest BCUT2D eigenvalue weighted by Gasteiger charge is -2.06. The minimum absolute atomic E-state index is 0.378. The summed E-state index contributed by atoms with van der Waals surface area (Å²) in [7, 11) is 0. The second-order valence-corrected chi connectivity index (χ2v) is 6.11. The van der Waals surface area contributed by atoms with Gasteiger partial charge in [-0.1, -0.05) is 30.3 Å². The summed E-state index contributed by atoms with van der Waals surface area (Å²) >= 11 is 1.68. The van der Waals surface area contributed by atoms with E-state index < -0.39 is 0 Å². The molecule has 21 heavy (non-hydrogen) atoms. The molecule has 0 aliphatic rings. The van der Waals surface area contributed by atoms with Gasteiger partial charge in [0.25, 0.3) is 0 Å². The predicted octanol–water partition coefficient (Wildman–Crippen LogP) is 4.83. The number of hydrogen-bond donors (Lipinski definition) is 1. The normalized spacial score (nSPS) is 11.0. The van der Waals surface area contributed by atoms with E-state index in [1.54, 1.807) is 11.3 Å². The maximum absolute atomic E-state index is 6.03. The van der Waals surface area contributed by atoms with Crippen molar-refractivity contribution in [2.45, 2.75) is 27.2 Å². The summed E-state index contributed by atoms with van der Waals surface area (Å²) in [6.45, 7) is 6.35. The molecular formula is C17H18N2OS. The summed E-state index contributed by atoms with van der Waals surface area (Å²) in [6.07, 6.45) is 0.970. The van der Waals surface area contributed by atoms with Crippen LogP contribution in [0.4, 0.5) is 5.88 Å². The number of rotatable bonds is 3. The number of benzene rings is 1. The van der Waals surface area contributed by atoms with Crippen LogP contribution in [0.15, 0.2) is 34.2 Å². The molecule has 3 aromatic rings. The molecule has 0 aliphatic heterocycles. The Morgan fingerprint density at radius 2 is 2.00 bits per heavy atom. The van der Waals surface area contributed by atoms with Gasteiger partial charge in [-0.25, -0.2) is 0 Å². The molecule has 0 saturated heterocycles. The minimum Gasteiger partial charge on any atom is -0.367 e. The van der Waals surface area contributed by atoms with E-state index in [0.717, 1.165) is 28.1 Å². The Bertz CT molecular complexity index is 786. The SMILES string of the molecule is CCc1ccsc1-c1noc(N)c1-c1ccc(C)c(C)c1. The van der Waals surface area contributed by atoms with Gasteiger partial charge in [-0.15, -0.1) is 11.3 Å². The fraction of sp³-hybridized carbons (Fsp3) is 0.235. The van der Waals surface area contributed by atoms with Gasteiger partial charge >= 0.3 is 0 Å². The molecule has 0 spiro atoms. The molecule has 0 radical (unpaired) electrons. The monoisotopic (exact) mass is 298 g/mol. The van der Waals surface area contributed by atoms with Crippen molar-refractivity contribution in [1.29, 1.82) is 0 Å². The van der Waals surface area contributed by atoms with Crippen LogP contribution in [0.2, 0.25) is 0 Å². The van der Waals surface area contributed by atoms with Crippen molar-refractivity contribution in [3.63, 3.8) is 0 Å². The van der Waals surface area contributed by atoms with Crippen molar-refractivity contribution in [3.05, 3.63) is 46.3 Å². The lowest BCUT2D eigenvalue weighted by molar-refractivity contribution is 0.439. The molecule has 4 heteroatoms. The molecule has 0 fully saturated rings. The highest BCUT2D eigenvalue weighted by molar-refractivity contribution is 7.13. The van der Waals surface area contributed by atoms with Crippen LogP contribution < -0.4 is 5.73 Å². The van der Waals surface area contributed by atoms with Crippen LogP contribution in [0.3, 0.4) is 0 Å². The zero-order chi connectivity index (χ0) is 15.0. The highest BCUT2D eigenvalue weighted by Gasteiger charge is 2.20. The van der Waals surface area contributed by atoms with Crippen molar-refractivity contribution in [2.24, 2.45) is 0 Å². The zero-order valence-corrected chi connectivity index (χ0v) is 13.3. The van der Waals surface area contributed by atoms with Gasteiger partial charge in [0.2, 0.25) is 5.88 Å².